The van der Waals surface area contributed by atoms with Crippen LogP contribution < -0.4 is 32.4 Å². The molecule has 3 aromatic rings. The van der Waals surface area contributed by atoms with Gasteiger partial charge in [0.2, 0.25) is 11.9 Å². The van der Waals surface area contributed by atoms with Crippen LogP contribution in [0.5, 0.6) is 0 Å². The molecule has 1 aromatic carbocycles. The van der Waals surface area contributed by atoms with Gasteiger partial charge in [-0.3, -0.25) is 19.0 Å². The number of carbonyl (C=O) groups is 1. The molecule has 0 aliphatic carbocycles. The largest absolute Gasteiger partial charge is 0.381 e. The summed E-state index contributed by atoms with van der Waals surface area (Å²) in [4.78, 5) is 48.5. The van der Waals surface area contributed by atoms with Crippen molar-refractivity contribution in [1.29, 1.82) is 0 Å². The molecule has 40 heavy (non-hydrogen) atoms. The fraction of sp³-hybridized carbons (Fsp3) is 0.480. The normalized spacial score (nSPS) is 20.8. The van der Waals surface area contributed by atoms with Gasteiger partial charge in [0.15, 0.2) is 5.82 Å². The number of benzene rings is 1. The fourth-order valence-electron chi connectivity index (χ4n) is 4.85. The van der Waals surface area contributed by atoms with Crippen LogP contribution in [0.1, 0.15) is 6.92 Å². The van der Waals surface area contributed by atoms with Gasteiger partial charge in [-0.25, -0.2) is 13.8 Å². The van der Waals surface area contributed by atoms with Crippen molar-refractivity contribution in [3.63, 3.8) is 0 Å². The lowest BCUT2D eigenvalue weighted by Crippen LogP contribution is -2.60. The average molecular weight is 579 g/mol. The van der Waals surface area contributed by atoms with E-state index in [1.54, 1.807) is 23.1 Å². The minimum atomic E-state index is -3.01. The number of ether oxygens (including phenoxy) is 1. The lowest BCUT2D eigenvalue weighted by molar-refractivity contribution is -0.121. The molecule has 0 bridgehead atoms. The summed E-state index contributed by atoms with van der Waals surface area (Å²) in [5, 5.41) is 5.71. The standard InChI is InChI=1S/C25H29ClF2N8O4/c1-13-7-34(9-19(29)25(13,27)28)24-31-6-16(26)21(33-24)32-15-3-4-17-18(5-15)36(10-20(37)30-2)23(39)22(38)35(17)8-14-11-40-12-14/h3-6,13-14,19H,7-12,29H2,1-2H3,(H,30,37)(H,31,32,33)/t13-,19+/m1/s1. The van der Waals surface area contributed by atoms with Crippen molar-refractivity contribution in [3.8, 4) is 0 Å². The molecule has 2 aliphatic heterocycles. The molecule has 2 aliphatic rings. The summed E-state index contributed by atoms with van der Waals surface area (Å²) in [6.45, 7) is 2.22. The zero-order valence-electron chi connectivity index (χ0n) is 21.9. The smallest absolute Gasteiger partial charge is 0.317 e. The minimum Gasteiger partial charge on any atom is -0.381 e. The Morgan fingerprint density at radius 2 is 1.93 bits per heavy atom. The van der Waals surface area contributed by atoms with Gasteiger partial charge in [-0.05, 0) is 18.2 Å². The maximum absolute atomic E-state index is 14.2. The SMILES string of the molecule is CNC(=O)Cn1c(=O)c(=O)n(CC2COC2)c2ccc(Nc3nc(N4C[C@@H](C)C(F)(F)[C@@H](N)C4)ncc3Cl)cc21. The molecule has 4 heterocycles. The van der Waals surface area contributed by atoms with Crippen molar-refractivity contribution in [2.75, 3.05) is 43.6 Å². The first-order valence-electron chi connectivity index (χ1n) is 12.7. The number of amides is 1. The van der Waals surface area contributed by atoms with Gasteiger partial charge in [0.05, 0.1) is 36.5 Å². The highest BCUT2D eigenvalue weighted by molar-refractivity contribution is 6.32. The highest BCUT2D eigenvalue weighted by atomic mass is 35.5. The number of alkyl halides is 2. The van der Waals surface area contributed by atoms with E-state index in [1.165, 1.54) is 24.7 Å². The Balaban J connectivity index is 1.52. The molecule has 5 rings (SSSR count). The Hall–Kier alpha value is -3.62. The molecule has 2 fully saturated rings. The molecule has 0 unspecified atom stereocenters. The number of aromatic nitrogens is 4. The van der Waals surface area contributed by atoms with Gasteiger partial charge in [-0.15, -0.1) is 0 Å². The summed E-state index contributed by atoms with van der Waals surface area (Å²) in [7, 11) is 1.44. The van der Waals surface area contributed by atoms with Crippen molar-refractivity contribution < 1.29 is 18.3 Å². The predicted molar refractivity (Wildman–Crippen MR) is 145 cm³/mol. The van der Waals surface area contributed by atoms with Gasteiger partial charge in [0.1, 0.15) is 11.6 Å². The van der Waals surface area contributed by atoms with Gasteiger partial charge < -0.3 is 30.6 Å². The van der Waals surface area contributed by atoms with E-state index in [9.17, 15) is 23.2 Å². The summed E-state index contributed by atoms with van der Waals surface area (Å²) in [5.74, 6) is -3.99. The van der Waals surface area contributed by atoms with Crippen LogP contribution >= 0.6 is 11.6 Å². The lowest BCUT2D eigenvalue weighted by Gasteiger charge is -2.40. The van der Waals surface area contributed by atoms with E-state index in [2.05, 4.69) is 20.6 Å². The molecule has 0 radical (unpaired) electrons. The van der Waals surface area contributed by atoms with E-state index in [1.807, 2.05) is 0 Å². The first-order valence-corrected chi connectivity index (χ1v) is 13.1. The molecule has 214 valence electrons. The Bertz CT molecular complexity index is 1560. The van der Waals surface area contributed by atoms with Crippen molar-refractivity contribution in [1.82, 2.24) is 24.4 Å². The summed E-state index contributed by atoms with van der Waals surface area (Å²) in [5.41, 5.74) is 5.45. The van der Waals surface area contributed by atoms with Crippen LogP contribution in [-0.2, 0) is 22.6 Å². The number of fused-ring (bicyclic) bond motifs is 1. The maximum Gasteiger partial charge on any atom is 0.317 e. The fourth-order valence-corrected chi connectivity index (χ4v) is 4.99. The number of likely N-dealkylation sites (N-methyl/N-ethyl adjacent to an activating group) is 1. The van der Waals surface area contributed by atoms with Crippen molar-refractivity contribution >= 4 is 46.0 Å². The number of nitrogens with two attached hydrogens (primary N) is 1. The van der Waals surface area contributed by atoms with Crippen molar-refractivity contribution in [2.24, 2.45) is 17.6 Å². The number of hydrogen-bond donors (Lipinski definition) is 3. The Labute approximate surface area is 232 Å². The number of piperidine rings is 1. The molecule has 1 amide bonds. The van der Waals surface area contributed by atoms with Crippen molar-refractivity contribution in [2.45, 2.75) is 32.0 Å². The van der Waals surface area contributed by atoms with E-state index in [4.69, 9.17) is 22.1 Å². The van der Waals surface area contributed by atoms with E-state index in [0.717, 1.165) is 4.57 Å². The quantitative estimate of drug-likeness (QED) is 0.351. The predicted octanol–water partition coefficient (Wildman–Crippen LogP) is 1.16. The van der Waals surface area contributed by atoms with Gasteiger partial charge in [0.25, 0.3) is 5.92 Å². The number of carbonyl (C=O) groups excluding carboxylic acids is 1. The van der Waals surface area contributed by atoms with Gasteiger partial charge >= 0.3 is 11.1 Å². The second kappa shape index (κ2) is 10.7. The molecule has 2 saturated heterocycles. The first-order chi connectivity index (χ1) is 19.0. The van der Waals surface area contributed by atoms with Crippen LogP contribution in [0.25, 0.3) is 11.0 Å². The first kappa shape index (κ1) is 27.9. The van der Waals surface area contributed by atoms with E-state index in [-0.39, 0.29) is 42.3 Å². The number of anilines is 3. The third-order valence-corrected chi connectivity index (χ3v) is 7.58. The molecule has 2 atom stereocenters. The summed E-state index contributed by atoms with van der Waals surface area (Å²) in [6.07, 6.45) is 1.36. The Morgan fingerprint density at radius 1 is 1.20 bits per heavy atom. The third kappa shape index (κ3) is 5.13. The molecule has 15 heteroatoms. The molecule has 0 saturated carbocycles. The number of nitrogens with zero attached hydrogens (tertiary/aromatic N) is 5. The zero-order chi connectivity index (χ0) is 28.8. The minimum absolute atomic E-state index is 0.00702. The van der Waals surface area contributed by atoms with E-state index in [0.29, 0.717) is 36.5 Å². The Morgan fingerprint density at radius 3 is 2.58 bits per heavy atom. The number of hydrogen-bond acceptors (Lipinski definition) is 9. The van der Waals surface area contributed by atoms with Crippen LogP contribution in [0.3, 0.4) is 0 Å². The van der Waals surface area contributed by atoms with Crippen LogP contribution in [-0.4, -0.2) is 70.3 Å². The van der Waals surface area contributed by atoms with E-state index < -0.39 is 34.9 Å². The molecule has 4 N–H and O–H groups in total. The molecular formula is C25H29ClF2N8O4. The lowest BCUT2D eigenvalue weighted by atomic mass is 9.92. The maximum atomic E-state index is 14.2. The van der Waals surface area contributed by atoms with Gasteiger partial charge in [-0.1, -0.05) is 18.5 Å². The second-order valence-corrected chi connectivity index (χ2v) is 10.6. The highest BCUT2D eigenvalue weighted by Gasteiger charge is 2.48. The van der Waals surface area contributed by atoms with Crippen LogP contribution in [0.4, 0.5) is 26.2 Å². The molecule has 12 nitrogen and oxygen atoms in total. The van der Waals surface area contributed by atoms with Crippen LogP contribution in [0.15, 0.2) is 34.0 Å². The highest BCUT2D eigenvalue weighted by Crippen LogP contribution is 2.34. The summed E-state index contributed by atoms with van der Waals surface area (Å²) in [6, 6.07) is 3.59. The Kier molecular flexibility index (Phi) is 7.50. The number of rotatable bonds is 7. The zero-order valence-corrected chi connectivity index (χ0v) is 22.6. The number of halogens is 3. The monoisotopic (exact) mass is 578 g/mol. The molecule has 2 aromatic heterocycles. The summed E-state index contributed by atoms with van der Waals surface area (Å²) >= 11 is 6.36. The summed E-state index contributed by atoms with van der Waals surface area (Å²) < 4.78 is 36.2. The second-order valence-electron chi connectivity index (χ2n) is 10.2. The molecule has 0 spiro atoms. The van der Waals surface area contributed by atoms with Crippen LogP contribution in [0, 0.1) is 11.8 Å². The van der Waals surface area contributed by atoms with Crippen molar-refractivity contribution in [3.05, 3.63) is 50.1 Å². The topological polar surface area (TPSA) is 149 Å². The molecular weight excluding hydrogens is 550 g/mol. The van der Waals surface area contributed by atoms with Gasteiger partial charge in [-0.2, -0.15) is 4.98 Å². The number of nitrogens with one attached hydrogen (secondary N) is 2. The van der Waals surface area contributed by atoms with E-state index >= 15 is 0 Å². The van der Waals surface area contributed by atoms with Gasteiger partial charge in [0, 0.05) is 44.2 Å². The van der Waals surface area contributed by atoms with Crippen LogP contribution in [0.2, 0.25) is 5.02 Å². The third-order valence-electron chi connectivity index (χ3n) is 7.30. The average Bonchev–Trinajstić information content (AvgIpc) is 2.90.